The lowest BCUT2D eigenvalue weighted by atomic mass is 9.92. The lowest BCUT2D eigenvalue weighted by Crippen LogP contribution is -2.02. The van der Waals surface area contributed by atoms with Crippen LogP contribution in [0.15, 0.2) is 18.2 Å². The maximum Gasteiger partial charge on any atom is 0.123 e. The Bertz CT molecular complexity index is 289. The number of aryl methyl sites for hydroxylation is 2. The lowest BCUT2D eigenvalue weighted by Gasteiger charge is -2.14. The Kier molecular flexibility index (Phi) is 7.35. The van der Waals surface area contributed by atoms with Crippen LogP contribution in [-0.2, 0) is 12.8 Å². The van der Waals surface area contributed by atoms with Gasteiger partial charge in [0.15, 0.2) is 0 Å². The third kappa shape index (κ3) is 4.63. The monoisotopic (exact) mass is 231 g/mol. The maximum absolute atomic E-state index is 12.7. The van der Waals surface area contributed by atoms with Gasteiger partial charge in [-0.05, 0) is 63.0 Å². The summed E-state index contributed by atoms with van der Waals surface area (Å²) in [5, 5.41) is 2.75. The molecular weight excluding hydrogens is 213 g/mol. The molecule has 1 aliphatic rings. The highest BCUT2D eigenvalue weighted by atomic mass is 35.5. The summed E-state index contributed by atoms with van der Waals surface area (Å²) >= 11 is 0. The molecule has 1 N–H and O–H groups in total. The Labute approximate surface area is 97.5 Å². The van der Waals surface area contributed by atoms with Crippen LogP contribution in [0.2, 0.25) is 0 Å². The number of benzene rings is 1. The SMILES string of the molecule is CNC.Cl.Fc1ccc2c(c1)CCCC2. The highest BCUT2D eigenvalue weighted by Gasteiger charge is 2.08. The van der Waals surface area contributed by atoms with Gasteiger partial charge in [0.05, 0.1) is 0 Å². The summed E-state index contributed by atoms with van der Waals surface area (Å²) in [7, 11) is 3.75. The first-order chi connectivity index (χ1) is 6.77. The van der Waals surface area contributed by atoms with E-state index in [-0.39, 0.29) is 18.2 Å². The van der Waals surface area contributed by atoms with Gasteiger partial charge in [0.25, 0.3) is 0 Å². The van der Waals surface area contributed by atoms with E-state index in [0.29, 0.717) is 0 Å². The van der Waals surface area contributed by atoms with E-state index in [4.69, 9.17) is 0 Å². The summed E-state index contributed by atoms with van der Waals surface area (Å²) in [4.78, 5) is 0. The number of halogens is 2. The van der Waals surface area contributed by atoms with E-state index < -0.39 is 0 Å². The number of hydrogen-bond donors (Lipinski definition) is 1. The van der Waals surface area contributed by atoms with Gasteiger partial charge in [-0.2, -0.15) is 0 Å². The molecule has 0 radical (unpaired) electrons. The fourth-order valence-corrected chi connectivity index (χ4v) is 1.70. The molecule has 2 rings (SSSR count). The third-order valence-electron chi connectivity index (χ3n) is 2.31. The van der Waals surface area contributed by atoms with Crippen molar-refractivity contribution in [2.75, 3.05) is 14.1 Å². The molecule has 0 bridgehead atoms. The van der Waals surface area contributed by atoms with Gasteiger partial charge in [0, 0.05) is 0 Å². The molecule has 1 aromatic carbocycles. The first-order valence-electron chi connectivity index (χ1n) is 5.13. The number of hydrogen-bond acceptors (Lipinski definition) is 1. The van der Waals surface area contributed by atoms with Crippen molar-refractivity contribution in [3.8, 4) is 0 Å². The van der Waals surface area contributed by atoms with Crippen molar-refractivity contribution >= 4 is 12.4 Å². The van der Waals surface area contributed by atoms with Gasteiger partial charge >= 0.3 is 0 Å². The second-order valence-corrected chi connectivity index (χ2v) is 3.62. The Morgan fingerprint density at radius 2 is 1.60 bits per heavy atom. The summed E-state index contributed by atoms with van der Waals surface area (Å²) in [6, 6.07) is 5.16. The van der Waals surface area contributed by atoms with Gasteiger partial charge in [-0.3, -0.25) is 0 Å². The molecule has 0 saturated carbocycles. The van der Waals surface area contributed by atoms with E-state index >= 15 is 0 Å². The molecule has 1 nitrogen and oxygen atoms in total. The topological polar surface area (TPSA) is 12.0 Å². The van der Waals surface area contributed by atoms with Gasteiger partial charge in [-0.25, -0.2) is 4.39 Å². The van der Waals surface area contributed by atoms with Crippen LogP contribution < -0.4 is 5.32 Å². The van der Waals surface area contributed by atoms with E-state index in [1.807, 2.05) is 20.2 Å². The molecular formula is C12H19ClFN. The van der Waals surface area contributed by atoms with Gasteiger partial charge in [-0.1, -0.05) is 6.07 Å². The van der Waals surface area contributed by atoms with E-state index in [2.05, 4.69) is 5.32 Å². The molecule has 0 atom stereocenters. The maximum atomic E-state index is 12.7. The van der Waals surface area contributed by atoms with Crippen molar-refractivity contribution in [1.29, 1.82) is 0 Å². The summed E-state index contributed by atoms with van der Waals surface area (Å²) in [6.45, 7) is 0. The molecule has 0 amide bonds. The van der Waals surface area contributed by atoms with Crippen LogP contribution in [-0.4, -0.2) is 14.1 Å². The minimum Gasteiger partial charge on any atom is -0.323 e. The van der Waals surface area contributed by atoms with Crippen molar-refractivity contribution in [3.63, 3.8) is 0 Å². The van der Waals surface area contributed by atoms with Crippen LogP contribution in [0.1, 0.15) is 24.0 Å². The van der Waals surface area contributed by atoms with Crippen LogP contribution >= 0.6 is 12.4 Å². The molecule has 0 saturated heterocycles. The Balaban J connectivity index is 0.000000443. The molecule has 0 heterocycles. The van der Waals surface area contributed by atoms with E-state index in [1.54, 1.807) is 12.1 Å². The van der Waals surface area contributed by atoms with Crippen LogP contribution in [0.5, 0.6) is 0 Å². The molecule has 15 heavy (non-hydrogen) atoms. The molecule has 86 valence electrons. The fraction of sp³-hybridized carbons (Fsp3) is 0.500. The smallest absolute Gasteiger partial charge is 0.123 e. The van der Waals surface area contributed by atoms with Crippen LogP contribution in [0, 0.1) is 5.82 Å². The Morgan fingerprint density at radius 1 is 1.07 bits per heavy atom. The van der Waals surface area contributed by atoms with Crippen molar-refractivity contribution in [3.05, 3.63) is 35.1 Å². The van der Waals surface area contributed by atoms with E-state index in [1.165, 1.54) is 24.0 Å². The van der Waals surface area contributed by atoms with E-state index in [0.717, 1.165) is 12.8 Å². The Morgan fingerprint density at radius 3 is 2.20 bits per heavy atom. The highest BCUT2D eigenvalue weighted by Crippen LogP contribution is 2.21. The van der Waals surface area contributed by atoms with Crippen LogP contribution in [0.3, 0.4) is 0 Å². The quantitative estimate of drug-likeness (QED) is 0.724. The standard InChI is InChI=1S/C10H11F.C2H7N.ClH/c11-10-6-5-8-3-1-2-4-9(8)7-10;1-3-2;/h5-7H,1-4H2;3H,1-2H3;1H. The predicted molar refractivity (Wildman–Crippen MR) is 65.3 cm³/mol. The molecule has 3 heteroatoms. The first kappa shape index (κ1) is 14.4. The molecule has 1 aliphatic carbocycles. The zero-order valence-corrected chi connectivity index (χ0v) is 10.2. The van der Waals surface area contributed by atoms with Gasteiger partial charge < -0.3 is 5.32 Å². The summed E-state index contributed by atoms with van der Waals surface area (Å²) < 4.78 is 12.7. The normalized spacial score (nSPS) is 13.0. The average molecular weight is 232 g/mol. The van der Waals surface area contributed by atoms with Crippen molar-refractivity contribution in [2.45, 2.75) is 25.7 Å². The predicted octanol–water partition coefficient (Wildman–Crippen LogP) is 2.96. The summed E-state index contributed by atoms with van der Waals surface area (Å²) in [6.07, 6.45) is 4.68. The molecule has 0 aliphatic heterocycles. The Hall–Kier alpha value is -0.600. The minimum atomic E-state index is -0.0920. The number of fused-ring (bicyclic) bond motifs is 1. The second kappa shape index (κ2) is 7.66. The van der Waals surface area contributed by atoms with Gasteiger partial charge in [0.2, 0.25) is 0 Å². The molecule has 0 unspecified atom stereocenters. The lowest BCUT2D eigenvalue weighted by molar-refractivity contribution is 0.614. The molecule has 0 aromatic heterocycles. The summed E-state index contributed by atoms with van der Waals surface area (Å²) in [5.74, 6) is -0.0920. The fourth-order valence-electron chi connectivity index (χ4n) is 1.70. The van der Waals surface area contributed by atoms with Crippen molar-refractivity contribution in [2.24, 2.45) is 0 Å². The molecule has 0 fully saturated rings. The van der Waals surface area contributed by atoms with Crippen LogP contribution in [0.25, 0.3) is 0 Å². The summed E-state index contributed by atoms with van der Waals surface area (Å²) in [5.41, 5.74) is 2.56. The third-order valence-corrected chi connectivity index (χ3v) is 2.31. The van der Waals surface area contributed by atoms with Gasteiger partial charge in [-0.15, -0.1) is 12.4 Å². The van der Waals surface area contributed by atoms with Crippen LogP contribution in [0.4, 0.5) is 4.39 Å². The largest absolute Gasteiger partial charge is 0.323 e. The number of rotatable bonds is 0. The van der Waals surface area contributed by atoms with E-state index in [9.17, 15) is 4.39 Å². The average Bonchev–Trinajstić information content (AvgIpc) is 2.19. The van der Waals surface area contributed by atoms with Gasteiger partial charge in [0.1, 0.15) is 5.82 Å². The highest BCUT2D eigenvalue weighted by molar-refractivity contribution is 5.85. The van der Waals surface area contributed by atoms with Crippen molar-refractivity contribution in [1.82, 2.24) is 5.32 Å². The zero-order chi connectivity index (χ0) is 10.4. The second-order valence-electron chi connectivity index (χ2n) is 3.62. The number of nitrogens with one attached hydrogen (secondary N) is 1. The molecule has 0 spiro atoms. The zero-order valence-electron chi connectivity index (χ0n) is 9.35. The minimum absolute atomic E-state index is 0. The van der Waals surface area contributed by atoms with Crippen molar-refractivity contribution < 1.29 is 4.39 Å². The molecule has 1 aromatic rings. The first-order valence-corrected chi connectivity index (χ1v) is 5.13.